The fraction of sp³-hybridized carbons (Fsp3) is 0.750. The molecule has 4 heteroatoms. The van der Waals surface area contributed by atoms with Crippen molar-refractivity contribution in [3.63, 3.8) is 0 Å². The summed E-state index contributed by atoms with van der Waals surface area (Å²) >= 11 is 6.30. The van der Waals surface area contributed by atoms with Crippen molar-refractivity contribution < 1.29 is 0 Å². The molecule has 2 rings (SSSR count). The third-order valence-corrected chi connectivity index (χ3v) is 4.60. The number of nitrogens with zero attached hydrogens (tertiary/aromatic N) is 3. The number of aromatic nitrogens is 2. The monoisotopic (exact) mass is 295 g/mol. The van der Waals surface area contributed by atoms with Gasteiger partial charge >= 0.3 is 0 Å². The number of halogens is 1. The summed E-state index contributed by atoms with van der Waals surface area (Å²) in [5.74, 6) is 2.18. The number of rotatable bonds is 2. The molecule has 0 unspecified atom stereocenters. The van der Waals surface area contributed by atoms with Gasteiger partial charge in [-0.1, -0.05) is 39.3 Å². The van der Waals surface area contributed by atoms with E-state index >= 15 is 0 Å². The lowest BCUT2D eigenvalue weighted by Gasteiger charge is -2.26. The molecule has 0 N–H and O–H groups in total. The summed E-state index contributed by atoms with van der Waals surface area (Å²) in [7, 11) is 0. The van der Waals surface area contributed by atoms with E-state index in [0.717, 1.165) is 30.3 Å². The van der Waals surface area contributed by atoms with Gasteiger partial charge in [0.2, 0.25) is 0 Å². The SMILES string of the molecule is Cc1c(Cl)nc(C(C)C)nc1N1CCCC(C)(C)CC1. The van der Waals surface area contributed by atoms with Crippen molar-refractivity contribution in [2.45, 2.75) is 59.8 Å². The highest BCUT2D eigenvalue weighted by atomic mass is 35.5. The van der Waals surface area contributed by atoms with Crippen LogP contribution in [0.4, 0.5) is 5.82 Å². The van der Waals surface area contributed by atoms with Crippen molar-refractivity contribution in [3.05, 3.63) is 16.5 Å². The molecule has 0 bridgehead atoms. The lowest BCUT2D eigenvalue weighted by atomic mass is 9.85. The molecule has 1 aromatic heterocycles. The summed E-state index contributed by atoms with van der Waals surface area (Å²) in [5.41, 5.74) is 1.44. The predicted molar refractivity (Wildman–Crippen MR) is 85.7 cm³/mol. The van der Waals surface area contributed by atoms with Crippen LogP contribution in [0, 0.1) is 12.3 Å². The maximum atomic E-state index is 6.30. The Balaban J connectivity index is 2.32. The van der Waals surface area contributed by atoms with Crippen LogP contribution < -0.4 is 4.90 Å². The molecular weight excluding hydrogens is 270 g/mol. The second-order valence-corrected chi connectivity index (χ2v) is 7.34. The zero-order chi connectivity index (χ0) is 14.9. The summed E-state index contributed by atoms with van der Waals surface area (Å²) in [5, 5.41) is 0.599. The largest absolute Gasteiger partial charge is 0.356 e. The topological polar surface area (TPSA) is 29.0 Å². The molecule has 0 aromatic carbocycles. The predicted octanol–water partition coefficient (Wildman–Crippen LogP) is 4.58. The van der Waals surface area contributed by atoms with Crippen LogP contribution >= 0.6 is 11.6 Å². The van der Waals surface area contributed by atoms with E-state index in [9.17, 15) is 0 Å². The van der Waals surface area contributed by atoms with Crippen molar-refractivity contribution in [2.24, 2.45) is 5.41 Å². The van der Waals surface area contributed by atoms with Gasteiger partial charge in [-0.3, -0.25) is 0 Å². The summed E-state index contributed by atoms with van der Waals surface area (Å²) in [6.45, 7) is 13.1. The highest BCUT2D eigenvalue weighted by molar-refractivity contribution is 6.30. The summed E-state index contributed by atoms with van der Waals surface area (Å²) in [6.07, 6.45) is 3.69. The van der Waals surface area contributed by atoms with Gasteiger partial charge in [-0.15, -0.1) is 0 Å². The van der Waals surface area contributed by atoms with Gasteiger partial charge in [0.25, 0.3) is 0 Å². The molecule has 1 saturated heterocycles. The van der Waals surface area contributed by atoms with Crippen LogP contribution in [0.1, 0.15) is 64.3 Å². The minimum Gasteiger partial charge on any atom is -0.356 e. The van der Waals surface area contributed by atoms with Crippen LogP contribution in [0.2, 0.25) is 5.15 Å². The molecule has 112 valence electrons. The number of anilines is 1. The lowest BCUT2D eigenvalue weighted by molar-refractivity contribution is 0.325. The third kappa shape index (κ3) is 3.43. The number of hydrogen-bond donors (Lipinski definition) is 0. The smallest absolute Gasteiger partial charge is 0.137 e. The van der Waals surface area contributed by atoms with Crippen LogP contribution in [0.15, 0.2) is 0 Å². The molecule has 0 spiro atoms. The first-order chi connectivity index (χ1) is 9.30. The lowest BCUT2D eigenvalue weighted by Crippen LogP contribution is -2.27. The summed E-state index contributed by atoms with van der Waals surface area (Å²) < 4.78 is 0. The Morgan fingerprint density at radius 1 is 1.15 bits per heavy atom. The molecule has 0 saturated carbocycles. The second-order valence-electron chi connectivity index (χ2n) is 6.98. The molecule has 1 aliphatic heterocycles. The van der Waals surface area contributed by atoms with Gasteiger partial charge in [-0.2, -0.15) is 0 Å². The van der Waals surface area contributed by atoms with Gasteiger partial charge in [-0.05, 0) is 31.6 Å². The van der Waals surface area contributed by atoms with E-state index < -0.39 is 0 Å². The fourth-order valence-corrected chi connectivity index (χ4v) is 2.87. The van der Waals surface area contributed by atoms with E-state index in [-0.39, 0.29) is 0 Å². The minimum atomic E-state index is 0.301. The van der Waals surface area contributed by atoms with Crippen LogP contribution in [-0.4, -0.2) is 23.1 Å². The Labute approximate surface area is 127 Å². The van der Waals surface area contributed by atoms with Gasteiger partial charge in [0.15, 0.2) is 0 Å². The molecule has 0 aliphatic carbocycles. The zero-order valence-corrected chi connectivity index (χ0v) is 14.1. The first-order valence-corrected chi connectivity index (χ1v) is 7.97. The maximum absolute atomic E-state index is 6.30. The fourth-order valence-electron chi connectivity index (χ4n) is 2.69. The number of hydrogen-bond acceptors (Lipinski definition) is 3. The molecule has 0 atom stereocenters. The molecule has 0 radical (unpaired) electrons. The van der Waals surface area contributed by atoms with Gasteiger partial charge in [0.1, 0.15) is 16.8 Å². The van der Waals surface area contributed by atoms with Crippen molar-refractivity contribution in [3.8, 4) is 0 Å². The zero-order valence-electron chi connectivity index (χ0n) is 13.3. The molecule has 3 nitrogen and oxygen atoms in total. The van der Waals surface area contributed by atoms with E-state index in [1.807, 2.05) is 6.92 Å². The molecule has 2 heterocycles. The average Bonchev–Trinajstić information content (AvgIpc) is 2.53. The van der Waals surface area contributed by atoms with Gasteiger partial charge < -0.3 is 4.90 Å². The van der Waals surface area contributed by atoms with Crippen molar-refractivity contribution in [1.82, 2.24) is 9.97 Å². The Kier molecular flexibility index (Phi) is 4.58. The first-order valence-electron chi connectivity index (χ1n) is 7.59. The van der Waals surface area contributed by atoms with Gasteiger partial charge in [0, 0.05) is 24.6 Å². The van der Waals surface area contributed by atoms with Gasteiger partial charge in [-0.25, -0.2) is 9.97 Å². The van der Waals surface area contributed by atoms with E-state index in [1.54, 1.807) is 0 Å². The van der Waals surface area contributed by atoms with Crippen molar-refractivity contribution in [1.29, 1.82) is 0 Å². The molecule has 20 heavy (non-hydrogen) atoms. The average molecular weight is 296 g/mol. The third-order valence-electron chi connectivity index (χ3n) is 4.23. The van der Waals surface area contributed by atoms with E-state index in [1.165, 1.54) is 19.3 Å². The Hall–Kier alpha value is -0.830. The van der Waals surface area contributed by atoms with Crippen LogP contribution in [0.5, 0.6) is 0 Å². The van der Waals surface area contributed by atoms with Crippen molar-refractivity contribution >= 4 is 17.4 Å². The Bertz CT molecular complexity index is 483. The van der Waals surface area contributed by atoms with Crippen molar-refractivity contribution in [2.75, 3.05) is 18.0 Å². The molecule has 1 fully saturated rings. The highest BCUT2D eigenvalue weighted by Crippen LogP contribution is 2.33. The minimum absolute atomic E-state index is 0.301. The second kappa shape index (κ2) is 5.88. The summed E-state index contributed by atoms with van der Waals surface area (Å²) in [6, 6.07) is 0. The van der Waals surface area contributed by atoms with Crippen LogP contribution in [0.25, 0.3) is 0 Å². The quantitative estimate of drug-likeness (QED) is 0.748. The summed E-state index contributed by atoms with van der Waals surface area (Å²) in [4.78, 5) is 11.6. The van der Waals surface area contributed by atoms with Gasteiger partial charge in [0.05, 0.1) is 0 Å². The highest BCUT2D eigenvalue weighted by Gasteiger charge is 2.25. The van der Waals surface area contributed by atoms with Crippen LogP contribution in [0.3, 0.4) is 0 Å². The van der Waals surface area contributed by atoms with Crippen LogP contribution in [-0.2, 0) is 0 Å². The molecule has 0 amide bonds. The van der Waals surface area contributed by atoms with E-state index in [4.69, 9.17) is 16.6 Å². The Morgan fingerprint density at radius 3 is 2.50 bits per heavy atom. The first kappa shape index (κ1) is 15.6. The maximum Gasteiger partial charge on any atom is 0.137 e. The van der Waals surface area contributed by atoms with E-state index in [2.05, 4.69) is 37.6 Å². The van der Waals surface area contributed by atoms with E-state index in [0.29, 0.717) is 16.5 Å². The molecule has 1 aromatic rings. The standard InChI is InChI=1S/C16H26ClN3/c1-11(2)14-18-13(17)12(3)15(19-14)20-9-6-7-16(4,5)8-10-20/h11H,6-10H2,1-5H3. The normalized spacial score (nSPS) is 19.2. The molecular formula is C16H26ClN3. The Morgan fingerprint density at radius 2 is 1.85 bits per heavy atom. The molecule has 1 aliphatic rings.